The third-order valence-corrected chi connectivity index (χ3v) is 2.50. The summed E-state index contributed by atoms with van der Waals surface area (Å²) < 4.78 is 0. The Bertz CT molecular complexity index is 374. The van der Waals surface area contributed by atoms with Crippen LogP contribution in [-0.4, -0.2) is 24.0 Å². The van der Waals surface area contributed by atoms with Gasteiger partial charge in [0.05, 0.1) is 0 Å². The smallest absolute Gasteiger partial charge is 0.270 e. The van der Waals surface area contributed by atoms with Crippen molar-refractivity contribution in [3.05, 3.63) is 29.6 Å². The molecule has 1 rings (SSSR count). The van der Waals surface area contributed by atoms with E-state index in [9.17, 15) is 4.79 Å². The molecule has 0 saturated carbocycles. The Morgan fingerprint density at radius 2 is 2.25 bits per heavy atom. The quantitative estimate of drug-likeness (QED) is 0.800. The summed E-state index contributed by atoms with van der Waals surface area (Å²) in [7, 11) is 0. The third-order valence-electron chi connectivity index (χ3n) is 2.50. The summed E-state index contributed by atoms with van der Waals surface area (Å²) in [4.78, 5) is 15.9. The maximum Gasteiger partial charge on any atom is 0.270 e. The number of aryl methyl sites for hydroxylation is 1. The van der Waals surface area contributed by atoms with Gasteiger partial charge in [-0.05, 0) is 30.5 Å². The van der Waals surface area contributed by atoms with E-state index in [-0.39, 0.29) is 11.3 Å². The van der Waals surface area contributed by atoms with Gasteiger partial charge in [0.2, 0.25) is 0 Å². The van der Waals surface area contributed by atoms with Crippen molar-refractivity contribution in [1.82, 2.24) is 10.3 Å². The van der Waals surface area contributed by atoms with E-state index in [2.05, 4.69) is 10.3 Å². The van der Waals surface area contributed by atoms with E-state index in [0.717, 1.165) is 5.56 Å². The molecule has 0 aliphatic carbocycles. The van der Waals surface area contributed by atoms with E-state index in [0.29, 0.717) is 18.8 Å². The Morgan fingerprint density at radius 3 is 2.81 bits per heavy atom. The molecule has 88 valence electrons. The minimum Gasteiger partial charge on any atom is -0.350 e. The number of aromatic nitrogens is 1. The Kier molecular flexibility index (Phi) is 4.01. The summed E-state index contributed by atoms with van der Waals surface area (Å²) >= 11 is 0. The van der Waals surface area contributed by atoms with Gasteiger partial charge in [0, 0.05) is 12.7 Å². The molecular formula is C12H19N3O. The molecule has 1 aromatic heterocycles. The average Bonchev–Trinajstić information content (AvgIpc) is 2.27. The number of pyridine rings is 1. The van der Waals surface area contributed by atoms with Crippen molar-refractivity contribution in [2.24, 2.45) is 11.1 Å². The molecule has 16 heavy (non-hydrogen) atoms. The third kappa shape index (κ3) is 3.31. The Morgan fingerprint density at radius 1 is 1.56 bits per heavy atom. The maximum absolute atomic E-state index is 11.8. The number of rotatable bonds is 4. The number of amides is 1. The van der Waals surface area contributed by atoms with Crippen molar-refractivity contribution < 1.29 is 4.79 Å². The fourth-order valence-electron chi connectivity index (χ4n) is 1.20. The molecule has 1 heterocycles. The van der Waals surface area contributed by atoms with Gasteiger partial charge in [-0.25, -0.2) is 0 Å². The van der Waals surface area contributed by atoms with Gasteiger partial charge in [0.25, 0.3) is 5.91 Å². The fraction of sp³-hybridized carbons (Fsp3) is 0.500. The van der Waals surface area contributed by atoms with Crippen molar-refractivity contribution in [2.45, 2.75) is 20.8 Å². The van der Waals surface area contributed by atoms with Crippen LogP contribution in [0.4, 0.5) is 0 Å². The normalized spacial score (nSPS) is 11.2. The summed E-state index contributed by atoms with van der Waals surface area (Å²) in [6.07, 6.45) is 1.62. The van der Waals surface area contributed by atoms with Gasteiger partial charge >= 0.3 is 0 Å². The molecule has 0 atom stereocenters. The van der Waals surface area contributed by atoms with Crippen LogP contribution in [0.2, 0.25) is 0 Å². The molecule has 0 spiro atoms. The van der Waals surface area contributed by atoms with Crippen LogP contribution >= 0.6 is 0 Å². The molecule has 3 N–H and O–H groups in total. The number of hydrogen-bond donors (Lipinski definition) is 2. The van der Waals surface area contributed by atoms with E-state index < -0.39 is 0 Å². The molecule has 0 aromatic carbocycles. The molecule has 1 amide bonds. The highest BCUT2D eigenvalue weighted by Crippen LogP contribution is 2.11. The second-order valence-electron chi connectivity index (χ2n) is 4.72. The van der Waals surface area contributed by atoms with Gasteiger partial charge < -0.3 is 11.1 Å². The number of hydrogen-bond acceptors (Lipinski definition) is 3. The molecular weight excluding hydrogens is 202 g/mol. The first-order valence-corrected chi connectivity index (χ1v) is 5.36. The molecule has 1 aromatic rings. The number of carbonyl (C=O) groups excluding carboxylic acids is 1. The van der Waals surface area contributed by atoms with Crippen LogP contribution in [0.1, 0.15) is 29.9 Å². The van der Waals surface area contributed by atoms with Crippen LogP contribution in [0.5, 0.6) is 0 Å². The van der Waals surface area contributed by atoms with Crippen molar-refractivity contribution >= 4 is 5.91 Å². The van der Waals surface area contributed by atoms with Crippen molar-refractivity contribution in [2.75, 3.05) is 13.1 Å². The largest absolute Gasteiger partial charge is 0.350 e. The molecule has 0 bridgehead atoms. The minimum absolute atomic E-state index is 0.0850. The molecule has 4 heteroatoms. The zero-order valence-electron chi connectivity index (χ0n) is 10.1. The van der Waals surface area contributed by atoms with Gasteiger partial charge in [-0.2, -0.15) is 0 Å². The first kappa shape index (κ1) is 12.6. The molecule has 0 unspecified atom stereocenters. The van der Waals surface area contributed by atoms with Crippen LogP contribution in [0.15, 0.2) is 18.3 Å². The summed E-state index contributed by atoms with van der Waals surface area (Å²) in [5.74, 6) is -0.139. The second-order valence-corrected chi connectivity index (χ2v) is 4.72. The van der Waals surface area contributed by atoms with Gasteiger partial charge in [-0.1, -0.05) is 19.9 Å². The van der Waals surface area contributed by atoms with Gasteiger partial charge in [-0.3, -0.25) is 9.78 Å². The topological polar surface area (TPSA) is 68.0 Å². The van der Waals surface area contributed by atoms with Crippen LogP contribution < -0.4 is 11.1 Å². The van der Waals surface area contributed by atoms with Crippen molar-refractivity contribution in [1.29, 1.82) is 0 Å². The van der Waals surface area contributed by atoms with Crippen LogP contribution in [0.25, 0.3) is 0 Å². The second kappa shape index (κ2) is 5.07. The summed E-state index contributed by atoms with van der Waals surface area (Å²) in [5.41, 5.74) is 6.87. The highest BCUT2D eigenvalue weighted by molar-refractivity contribution is 5.93. The van der Waals surface area contributed by atoms with E-state index in [1.54, 1.807) is 6.20 Å². The number of nitrogens with one attached hydrogen (secondary N) is 1. The standard InChI is InChI=1S/C12H19N3O/c1-9-5-4-6-14-10(9)11(16)15-8-12(2,3)7-13/h4-6H,7-8,13H2,1-3H3,(H,15,16). The van der Waals surface area contributed by atoms with Crippen LogP contribution in [-0.2, 0) is 0 Å². The van der Waals surface area contributed by atoms with Gasteiger partial charge in [0.1, 0.15) is 5.69 Å². The first-order chi connectivity index (χ1) is 7.46. The van der Waals surface area contributed by atoms with Gasteiger partial charge in [0.15, 0.2) is 0 Å². The Labute approximate surface area is 96.3 Å². The summed E-state index contributed by atoms with van der Waals surface area (Å²) in [6.45, 7) is 6.99. The number of nitrogens with two attached hydrogens (primary N) is 1. The van der Waals surface area contributed by atoms with Crippen molar-refractivity contribution in [3.63, 3.8) is 0 Å². The van der Waals surface area contributed by atoms with E-state index in [1.807, 2.05) is 32.9 Å². The lowest BCUT2D eigenvalue weighted by molar-refractivity contribution is 0.0932. The van der Waals surface area contributed by atoms with E-state index in [4.69, 9.17) is 5.73 Å². The highest BCUT2D eigenvalue weighted by Gasteiger charge is 2.18. The number of carbonyl (C=O) groups is 1. The lowest BCUT2D eigenvalue weighted by Gasteiger charge is -2.22. The average molecular weight is 221 g/mol. The molecule has 0 aliphatic rings. The fourth-order valence-corrected chi connectivity index (χ4v) is 1.20. The molecule has 0 radical (unpaired) electrons. The predicted octanol–water partition coefficient (Wildman–Crippen LogP) is 1.10. The van der Waals surface area contributed by atoms with E-state index >= 15 is 0 Å². The lowest BCUT2D eigenvalue weighted by atomic mass is 9.94. The lowest BCUT2D eigenvalue weighted by Crippen LogP contribution is -2.38. The first-order valence-electron chi connectivity index (χ1n) is 5.36. The minimum atomic E-state index is -0.139. The molecule has 0 saturated heterocycles. The summed E-state index contributed by atoms with van der Waals surface area (Å²) in [5, 5.41) is 2.85. The van der Waals surface area contributed by atoms with E-state index in [1.165, 1.54) is 0 Å². The maximum atomic E-state index is 11.8. The zero-order valence-corrected chi connectivity index (χ0v) is 10.1. The van der Waals surface area contributed by atoms with Crippen LogP contribution in [0, 0.1) is 12.3 Å². The Balaban J connectivity index is 2.64. The predicted molar refractivity (Wildman–Crippen MR) is 64.1 cm³/mol. The SMILES string of the molecule is Cc1cccnc1C(=O)NCC(C)(C)CN. The zero-order chi connectivity index (χ0) is 12.2. The van der Waals surface area contributed by atoms with Crippen LogP contribution in [0.3, 0.4) is 0 Å². The summed E-state index contributed by atoms with van der Waals surface area (Å²) in [6, 6.07) is 3.69. The van der Waals surface area contributed by atoms with Crippen molar-refractivity contribution in [3.8, 4) is 0 Å². The molecule has 4 nitrogen and oxygen atoms in total. The Hall–Kier alpha value is -1.42. The highest BCUT2D eigenvalue weighted by atomic mass is 16.1. The number of nitrogens with zero attached hydrogens (tertiary/aromatic N) is 1. The monoisotopic (exact) mass is 221 g/mol. The molecule has 0 fully saturated rings. The molecule has 0 aliphatic heterocycles. The van der Waals surface area contributed by atoms with Gasteiger partial charge in [-0.15, -0.1) is 0 Å².